The van der Waals surface area contributed by atoms with E-state index in [0.717, 1.165) is 83.0 Å². The molecule has 0 spiro atoms. The van der Waals surface area contributed by atoms with E-state index < -0.39 is 0 Å². The molecule has 0 bridgehead atoms. The molecule has 0 radical (unpaired) electrons. The van der Waals surface area contributed by atoms with Crippen molar-refractivity contribution in [2.75, 3.05) is 0 Å². The van der Waals surface area contributed by atoms with Crippen LogP contribution in [0.5, 0.6) is 0 Å². The quantitative estimate of drug-likeness (QED) is 0.0173. The number of nitrogens with zero attached hydrogens (tertiary/aromatic N) is 1. The van der Waals surface area contributed by atoms with Gasteiger partial charge in [-0.1, -0.05) is 296 Å². The van der Waals surface area contributed by atoms with Crippen LogP contribution >= 0.6 is 0 Å². The van der Waals surface area contributed by atoms with Crippen molar-refractivity contribution >= 4 is 23.8 Å². The van der Waals surface area contributed by atoms with Gasteiger partial charge < -0.3 is 9.15 Å². The highest BCUT2D eigenvalue weighted by molar-refractivity contribution is 6.04. The van der Waals surface area contributed by atoms with Gasteiger partial charge in [0.1, 0.15) is 5.76 Å². The third-order valence-corrected chi connectivity index (χ3v) is 21.4. The van der Waals surface area contributed by atoms with Gasteiger partial charge in [0.25, 0.3) is 0 Å². The van der Waals surface area contributed by atoms with Gasteiger partial charge in [0.15, 0.2) is 0 Å². The summed E-state index contributed by atoms with van der Waals surface area (Å²) < 4.78 is 10.4. The SMILES string of the molecule is CCC(CCCCC(C)c1ccccc1)(CC(C)c1ccccc1)C1CC(=O)N(Cc2ccco2)C1=O.CCC(CCCCC(C)c1ccccc1)(CC(C)c1ccccc1)C1CC(=O)OC1=O.CCC(CCCCC(C)c1ccccc1)CC(C)c1ccccc1. The van der Waals surface area contributed by atoms with Gasteiger partial charge in [0.05, 0.1) is 31.1 Å². The van der Waals surface area contributed by atoms with E-state index in [1.807, 2.05) is 18.2 Å². The zero-order valence-corrected chi connectivity index (χ0v) is 57.5. The monoisotopic (exact) mass is 1240 g/mol. The number of furan rings is 1. The molecular formula is C85H111NO6. The number of benzene rings is 6. The topological polar surface area (TPSA) is 93.9 Å². The van der Waals surface area contributed by atoms with Gasteiger partial charge in [0.2, 0.25) is 11.8 Å². The molecule has 2 amide bonds. The molecule has 2 aliphatic rings. The van der Waals surface area contributed by atoms with Crippen LogP contribution in [0.25, 0.3) is 0 Å². The summed E-state index contributed by atoms with van der Waals surface area (Å²) in [7, 11) is 0. The van der Waals surface area contributed by atoms with Crippen molar-refractivity contribution in [1.29, 1.82) is 0 Å². The zero-order chi connectivity index (χ0) is 65.7. The van der Waals surface area contributed by atoms with Crippen molar-refractivity contribution in [1.82, 2.24) is 4.90 Å². The summed E-state index contributed by atoms with van der Waals surface area (Å²) in [4.78, 5) is 52.8. The molecule has 0 N–H and O–H groups in total. The van der Waals surface area contributed by atoms with Crippen LogP contribution in [-0.4, -0.2) is 28.7 Å². The predicted molar refractivity (Wildman–Crippen MR) is 379 cm³/mol. The van der Waals surface area contributed by atoms with Crippen molar-refractivity contribution < 1.29 is 28.3 Å². The molecule has 2 saturated heterocycles. The van der Waals surface area contributed by atoms with E-state index in [1.165, 1.54) is 76.8 Å². The average molecular weight is 1240 g/mol. The number of hydrogen-bond acceptors (Lipinski definition) is 6. The van der Waals surface area contributed by atoms with Gasteiger partial charge in [-0.2, -0.15) is 0 Å². The van der Waals surface area contributed by atoms with Crippen LogP contribution < -0.4 is 0 Å². The lowest BCUT2D eigenvalue weighted by Crippen LogP contribution is -2.38. The highest BCUT2D eigenvalue weighted by atomic mass is 16.6. The second kappa shape index (κ2) is 37.5. The van der Waals surface area contributed by atoms with Crippen molar-refractivity contribution in [2.24, 2.45) is 28.6 Å². The smallest absolute Gasteiger partial charge is 0.317 e. The molecule has 492 valence electrons. The van der Waals surface area contributed by atoms with E-state index in [0.29, 0.717) is 47.7 Å². The van der Waals surface area contributed by atoms with Crippen LogP contribution in [0.4, 0.5) is 0 Å². The van der Waals surface area contributed by atoms with Crippen LogP contribution in [0, 0.1) is 28.6 Å². The van der Waals surface area contributed by atoms with E-state index in [4.69, 9.17) is 9.15 Å². The van der Waals surface area contributed by atoms with Crippen LogP contribution in [0.1, 0.15) is 265 Å². The minimum absolute atomic E-state index is 0.0267. The first-order chi connectivity index (χ1) is 44.6. The van der Waals surface area contributed by atoms with Gasteiger partial charge >= 0.3 is 11.9 Å². The number of likely N-dealkylation sites (tertiary alicyclic amines) is 1. The van der Waals surface area contributed by atoms with Gasteiger partial charge in [0, 0.05) is 6.42 Å². The molecule has 2 fully saturated rings. The Morgan fingerprint density at radius 1 is 0.424 bits per heavy atom. The maximum absolute atomic E-state index is 13.8. The molecule has 92 heavy (non-hydrogen) atoms. The molecule has 2 aliphatic heterocycles. The Balaban J connectivity index is 0.000000200. The van der Waals surface area contributed by atoms with Crippen molar-refractivity contribution in [3.05, 3.63) is 240 Å². The standard InChI is InChI=1S/C33H41NO3.C28H36O3.C24H34/c1-4-33(23-26(3)28-17-9-6-10-18-28,20-12-11-14-25(2)27-15-7-5-8-16-27)30-22-31(35)34(32(30)36)24-29-19-13-21-37-29;1-4-28(25-19-26(29)31-27(25)30,20-22(3)24-16-9-6-10-17-24)18-12-11-13-21(2)23-14-7-5-8-15-23;1-4-22(19-21(3)24-17-9-6-10-18-24)14-12-11-13-20(2)23-15-7-5-8-16-23/h5-10,13,15-19,21,25-26,30H,4,11-12,14,20,22-24H2,1-3H3;5-10,14-17,21-22,25H,4,11-13,18-20H2,1-3H3;5-10,15-18,20-22H,4,11-14,19H2,1-3H3. The maximum atomic E-state index is 13.8. The number of esters is 2. The normalized spacial score (nSPS) is 18.4. The van der Waals surface area contributed by atoms with Crippen LogP contribution in [0.15, 0.2) is 205 Å². The Morgan fingerprint density at radius 3 is 1.15 bits per heavy atom. The molecule has 11 atom stereocenters. The molecule has 3 heterocycles. The number of carbonyl (C=O) groups is 4. The number of ether oxygens (including phenoxy) is 1. The zero-order valence-electron chi connectivity index (χ0n) is 57.5. The van der Waals surface area contributed by atoms with E-state index in [-0.39, 0.29) is 59.4 Å². The Hall–Kier alpha value is -7.12. The highest BCUT2D eigenvalue weighted by Crippen LogP contribution is 2.51. The van der Waals surface area contributed by atoms with Crippen molar-refractivity contribution in [3.63, 3.8) is 0 Å². The predicted octanol–water partition coefficient (Wildman–Crippen LogP) is 22.7. The molecular weight excluding hydrogens is 1130 g/mol. The second-order valence-corrected chi connectivity index (χ2v) is 27.7. The number of cyclic esters (lactones) is 2. The fraction of sp³-hybridized carbons (Fsp3) is 0.482. The van der Waals surface area contributed by atoms with E-state index in [2.05, 4.69) is 232 Å². The molecule has 7 aromatic rings. The minimum atomic E-state index is -0.363. The summed E-state index contributed by atoms with van der Waals surface area (Å²) in [6.45, 7) is 20.8. The molecule has 0 aliphatic carbocycles. The number of rotatable bonds is 34. The average Bonchev–Trinajstić information content (AvgIpc) is 1.62. The summed E-state index contributed by atoms with van der Waals surface area (Å²) in [6, 6.07) is 68.0. The molecule has 9 rings (SSSR count). The number of imide groups is 1. The van der Waals surface area contributed by atoms with Gasteiger partial charge in [-0.25, -0.2) is 0 Å². The molecule has 6 aromatic carbocycles. The van der Waals surface area contributed by atoms with Crippen molar-refractivity contribution in [3.8, 4) is 0 Å². The highest BCUT2D eigenvalue weighted by Gasteiger charge is 2.51. The first-order valence-corrected chi connectivity index (χ1v) is 35.5. The molecule has 1 aromatic heterocycles. The maximum Gasteiger partial charge on any atom is 0.317 e. The Bertz CT molecular complexity index is 3190. The van der Waals surface area contributed by atoms with E-state index >= 15 is 0 Å². The largest absolute Gasteiger partial charge is 0.467 e. The molecule has 11 unspecified atom stereocenters. The van der Waals surface area contributed by atoms with Crippen LogP contribution in [0.3, 0.4) is 0 Å². The van der Waals surface area contributed by atoms with Gasteiger partial charge in [-0.15, -0.1) is 0 Å². The van der Waals surface area contributed by atoms with Gasteiger partial charge in [-0.05, 0) is 162 Å². The number of carbonyl (C=O) groups excluding carboxylic acids is 4. The Labute approximate surface area is 555 Å². The summed E-state index contributed by atoms with van der Waals surface area (Å²) in [5.41, 5.74) is 7.91. The first-order valence-electron chi connectivity index (χ1n) is 35.5. The van der Waals surface area contributed by atoms with E-state index in [1.54, 1.807) is 12.3 Å². The summed E-state index contributed by atoms with van der Waals surface area (Å²) in [5.74, 6) is 3.19. The number of amides is 2. The van der Waals surface area contributed by atoms with Crippen LogP contribution in [-0.2, 0) is 30.5 Å². The fourth-order valence-corrected chi connectivity index (χ4v) is 15.3. The molecule has 7 nitrogen and oxygen atoms in total. The Morgan fingerprint density at radius 2 is 0.793 bits per heavy atom. The third-order valence-electron chi connectivity index (χ3n) is 21.4. The lowest BCUT2D eigenvalue weighted by molar-refractivity contribution is -0.155. The third kappa shape index (κ3) is 21.5. The number of hydrogen-bond donors (Lipinski definition) is 0. The van der Waals surface area contributed by atoms with Gasteiger partial charge in [-0.3, -0.25) is 24.1 Å². The summed E-state index contributed by atoms with van der Waals surface area (Å²) >= 11 is 0. The lowest BCUT2D eigenvalue weighted by Gasteiger charge is -2.40. The van der Waals surface area contributed by atoms with Crippen molar-refractivity contribution in [2.45, 2.75) is 233 Å². The lowest BCUT2D eigenvalue weighted by atomic mass is 9.64. The first kappa shape index (κ1) is 72.3. The summed E-state index contributed by atoms with van der Waals surface area (Å²) in [5, 5.41) is 0. The van der Waals surface area contributed by atoms with Crippen LogP contribution in [0.2, 0.25) is 0 Å². The molecule has 0 saturated carbocycles. The second-order valence-electron chi connectivity index (χ2n) is 27.7. The fourth-order valence-electron chi connectivity index (χ4n) is 15.3. The minimum Gasteiger partial charge on any atom is -0.467 e. The molecule has 7 heteroatoms. The Kier molecular flexibility index (Phi) is 29.5. The number of unbranched alkanes of at least 4 members (excludes halogenated alkanes) is 3. The van der Waals surface area contributed by atoms with E-state index in [9.17, 15) is 19.2 Å². The summed E-state index contributed by atoms with van der Waals surface area (Å²) in [6.07, 6.45) is 22.3.